The van der Waals surface area contributed by atoms with E-state index in [1.807, 2.05) is 30.3 Å². The molecule has 0 unspecified atom stereocenters. The van der Waals surface area contributed by atoms with Crippen LogP contribution >= 0.6 is 0 Å². The quantitative estimate of drug-likeness (QED) is 0.536. The number of hydrazone groups is 1. The third-order valence-electron chi connectivity index (χ3n) is 5.38. The molecule has 0 spiro atoms. The molecular weight excluding hydrogens is 428 g/mol. The first-order valence-electron chi connectivity index (χ1n) is 10.0. The van der Waals surface area contributed by atoms with Gasteiger partial charge < -0.3 is 14.2 Å². The Kier molecular flexibility index (Phi) is 6.05. The van der Waals surface area contributed by atoms with E-state index >= 15 is 0 Å². The van der Waals surface area contributed by atoms with E-state index in [2.05, 4.69) is 5.10 Å². The van der Waals surface area contributed by atoms with E-state index in [0.717, 1.165) is 5.56 Å². The summed E-state index contributed by atoms with van der Waals surface area (Å²) >= 11 is 0. The minimum Gasteiger partial charge on any atom is -0.497 e. The predicted octanol–water partition coefficient (Wildman–Crippen LogP) is 4.25. The lowest BCUT2D eigenvalue weighted by atomic mass is 9.98. The fraction of sp³-hybridized carbons (Fsp3) is 0.208. The number of rotatable bonds is 7. The average Bonchev–Trinajstić information content (AvgIpc) is 3.30. The van der Waals surface area contributed by atoms with Crippen molar-refractivity contribution in [1.29, 1.82) is 0 Å². The molecule has 0 amide bonds. The fourth-order valence-corrected chi connectivity index (χ4v) is 5.23. The van der Waals surface area contributed by atoms with Gasteiger partial charge in [0.1, 0.15) is 17.2 Å². The molecule has 0 bridgehead atoms. The highest BCUT2D eigenvalue weighted by Crippen LogP contribution is 2.42. The highest BCUT2D eigenvalue weighted by molar-refractivity contribution is 7.89. The van der Waals surface area contributed by atoms with Crippen LogP contribution in [0.4, 0.5) is 0 Å². The highest BCUT2D eigenvalue weighted by atomic mass is 32.2. The Morgan fingerprint density at radius 3 is 2.22 bits per heavy atom. The van der Waals surface area contributed by atoms with Crippen LogP contribution in [0.15, 0.2) is 82.8 Å². The first kappa shape index (κ1) is 21.7. The first-order chi connectivity index (χ1) is 15.5. The molecule has 0 radical (unpaired) electrons. The Morgan fingerprint density at radius 2 is 1.53 bits per heavy atom. The van der Waals surface area contributed by atoms with Gasteiger partial charge in [-0.25, -0.2) is 0 Å². The smallest absolute Gasteiger partial charge is 0.279 e. The van der Waals surface area contributed by atoms with Gasteiger partial charge in [-0.1, -0.05) is 36.4 Å². The van der Waals surface area contributed by atoms with Gasteiger partial charge in [0.2, 0.25) is 0 Å². The zero-order valence-electron chi connectivity index (χ0n) is 18.1. The number of hydrogen-bond acceptors (Lipinski definition) is 6. The van der Waals surface area contributed by atoms with Gasteiger partial charge in [-0.05, 0) is 30.3 Å². The van der Waals surface area contributed by atoms with E-state index in [0.29, 0.717) is 34.9 Å². The fourth-order valence-electron chi connectivity index (χ4n) is 3.78. The van der Waals surface area contributed by atoms with Gasteiger partial charge >= 0.3 is 0 Å². The van der Waals surface area contributed by atoms with Crippen LogP contribution in [0.5, 0.6) is 17.2 Å². The van der Waals surface area contributed by atoms with Crippen LogP contribution in [0.3, 0.4) is 0 Å². The molecule has 4 rings (SSSR count). The number of para-hydroxylation sites is 1. The Balaban J connectivity index is 1.85. The lowest BCUT2D eigenvalue weighted by Gasteiger charge is -2.24. The Bertz CT molecular complexity index is 1240. The Morgan fingerprint density at radius 1 is 0.844 bits per heavy atom. The molecule has 8 heteroatoms. The van der Waals surface area contributed by atoms with Crippen molar-refractivity contribution in [2.45, 2.75) is 17.4 Å². The molecular formula is C24H24N2O5S. The maximum Gasteiger partial charge on any atom is 0.279 e. The molecule has 1 atom stereocenters. The number of methoxy groups -OCH3 is 3. The van der Waals surface area contributed by atoms with Gasteiger partial charge in [0.15, 0.2) is 0 Å². The minimum absolute atomic E-state index is 0.173. The maximum absolute atomic E-state index is 13.6. The number of benzene rings is 3. The molecule has 32 heavy (non-hydrogen) atoms. The topological polar surface area (TPSA) is 77.4 Å². The summed E-state index contributed by atoms with van der Waals surface area (Å²) in [5, 5.41) is 4.59. The van der Waals surface area contributed by atoms with E-state index in [9.17, 15) is 8.42 Å². The normalized spacial score (nSPS) is 15.9. The highest BCUT2D eigenvalue weighted by Gasteiger charge is 2.39. The van der Waals surface area contributed by atoms with Crippen LogP contribution in [0, 0.1) is 0 Å². The second-order valence-electron chi connectivity index (χ2n) is 7.17. The molecule has 0 saturated heterocycles. The summed E-state index contributed by atoms with van der Waals surface area (Å²) in [6.45, 7) is 0. The summed E-state index contributed by atoms with van der Waals surface area (Å²) in [4.78, 5) is 0.173. The molecule has 0 aliphatic carbocycles. The third kappa shape index (κ3) is 3.89. The van der Waals surface area contributed by atoms with E-state index < -0.39 is 16.1 Å². The third-order valence-corrected chi connectivity index (χ3v) is 7.07. The largest absolute Gasteiger partial charge is 0.497 e. The zero-order valence-corrected chi connectivity index (χ0v) is 18.9. The van der Waals surface area contributed by atoms with Crippen LogP contribution in [-0.2, 0) is 10.0 Å². The predicted molar refractivity (Wildman–Crippen MR) is 122 cm³/mol. The van der Waals surface area contributed by atoms with Crippen molar-refractivity contribution in [2.75, 3.05) is 21.3 Å². The number of hydrogen-bond donors (Lipinski definition) is 0. The Labute approximate surface area is 187 Å². The summed E-state index contributed by atoms with van der Waals surface area (Å²) in [5.74, 6) is 1.80. The van der Waals surface area contributed by atoms with Crippen molar-refractivity contribution in [3.63, 3.8) is 0 Å². The molecule has 1 aliphatic heterocycles. The van der Waals surface area contributed by atoms with Gasteiger partial charge in [0.05, 0.1) is 38.0 Å². The molecule has 1 heterocycles. The van der Waals surface area contributed by atoms with Crippen molar-refractivity contribution in [1.82, 2.24) is 4.41 Å². The zero-order chi connectivity index (χ0) is 22.7. The summed E-state index contributed by atoms with van der Waals surface area (Å²) in [6.07, 6.45) is 0.356. The first-order valence-corrected chi connectivity index (χ1v) is 11.5. The Hall–Kier alpha value is -3.52. The SMILES string of the molecule is COc1ccc(C2=NN(S(=O)(=O)c3ccccc3)[C@H](c3ccccc3OC)C2)c(OC)c1. The van der Waals surface area contributed by atoms with Crippen molar-refractivity contribution in [3.05, 3.63) is 83.9 Å². The van der Waals surface area contributed by atoms with Gasteiger partial charge in [-0.3, -0.25) is 0 Å². The molecule has 0 saturated carbocycles. The van der Waals surface area contributed by atoms with Crippen LogP contribution in [0.1, 0.15) is 23.6 Å². The molecule has 0 fully saturated rings. The number of sulfonamides is 1. The summed E-state index contributed by atoms with van der Waals surface area (Å²) in [5.41, 5.74) is 2.04. The lowest BCUT2D eigenvalue weighted by Crippen LogP contribution is -2.27. The van der Waals surface area contributed by atoms with Crippen LogP contribution in [-0.4, -0.2) is 39.9 Å². The van der Waals surface area contributed by atoms with Crippen LogP contribution in [0.2, 0.25) is 0 Å². The molecule has 0 N–H and O–H groups in total. The molecule has 7 nitrogen and oxygen atoms in total. The maximum atomic E-state index is 13.6. The molecule has 1 aliphatic rings. The number of ether oxygens (including phenoxy) is 3. The van der Waals surface area contributed by atoms with Gasteiger partial charge in [-0.15, -0.1) is 0 Å². The minimum atomic E-state index is -3.91. The summed E-state index contributed by atoms with van der Waals surface area (Å²) in [6, 6.07) is 20.5. The van der Waals surface area contributed by atoms with Crippen LogP contribution in [0.25, 0.3) is 0 Å². The van der Waals surface area contributed by atoms with Crippen molar-refractivity contribution in [2.24, 2.45) is 5.10 Å². The lowest BCUT2D eigenvalue weighted by molar-refractivity contribution is 0.350. The van der Waals surface area contributed by atoms with E-state index in [1.54, 1.807) is 63.8 Å². The van der Waals surface area contributed by atoms with E-state index in [-0.39, 0.29) is 4.90 Å². The monoisotopic (exact) mass is 452 g/mol. The van der Waals surface area contributed by atoms with E-state index in [4.69, 9.17) is 14.2 Å². The number of nitrogens with zero attached hydrogens (tertiary/aromatic N) is 2. The van der Waals surface area contributed by atoms with Gasteiger partial charge in [0.25, 0.3) is 10.0 Å². The van der Waals surface area contributed by atoms with Gasteiger partial charge in [-0.2, -0.15) is 17.9 Å². The van der Waals surface area contributed by atoms with E-state index in [1.165, 1.54) is 4.41 Å². The van der Waals surface area contributed by atoms with Crippen LogP contribution < -0.4 is 14.2 Å². The molecule has 3 aromatic rings. The molecule has 3 aromatic carbocycles. The average molecular weight is 453 g/mol. The molecule has 166 valence electrons. The second-order valence-corrected chi connectivity index (χ2v) is 8.96. The van der Waals surface area contributed by atoms with Crippen molar-refractivity contribution in [3.8, 4) is 17.2 Å². The van der Waals surface area contributed by atoms with Gasteiger partial charge in [0, 0.05) is 23.6 Å². The second kappa shape index (κ2) is 8.92. The van der Waals surface area contributed by atoms with Crippen molar-refractivity contribution < 1.29 is 22.6 Å². The van der Waals surface area contributed by atoms with Crippen molar-refractivity contribution >= 4 is 15.7 Å². The summed E-state index contributed by atoms with van der Waals surface area (Å²) < 4.78 is 44.7. The standard InChI is InChI=1S/C24H24N2O5S/c1-29-17-13-14-19(24(15-17)31-3)21-16-22(20-11-7-8-12-23(20)30-2)26(25-21)32(27,28)18-9-5-4-6-10-18/h4-15,22H,16H2,1-3H3/t22-/m0/s1. The summed E-state index contributed by atoms with van der Waals surface area (Å²) in [7, 11) is 0.794. The molecule has 0 aromatic heterocycles.